The lowest BCUT2D eigenvalue weighted by molar-refractivity contribution is -0.00903. The lowest BCUT2D eigenvalue weighted by Crippen LogP contribution is -2.48. The van der Waals surface area contributed by atoms with Gasteiger partial charge in [0.25, 0.3) is 0 Å². The molecule has 0 heterocycles. The molecule has 0 nitrogen and oxygen atoms in total. The first-order valence-electron chi connectivity index (χ1n) is 6.49. The van der Waals surface area contributed by atoms with Gasteiger partial charge >= 0.3 is 0 Å². The number of fused-ring (bicyclic) bond motifs is 1. The van der Waals surface area contributed by atoms with Crippen molar-refractivity contribution in [3.63, 3.8) is 0 Å². The van der Waals surface area contributed by atoms with Crippen LogP contribution in [0.1, 0.15) is 60.3 Å². The van der Waals surface area contributed by atoms with E-state index in [1.165, 1.54) is 25.7 Å². The van der Waals surface area contributed by atoms with E-state index in [0.29, 0.717) is 10.8 Å². The zero-order valence-corrected chi connectivity index (χ0v) is 11.1. The molecule has 0 aromatic heterocycles. The predicted octanol–water partition coefficient (Wildman–Crippen LogP) is 4.81. The fraction of sp³-hybridized carbons (Fsp3) is 0.867. The molecule has 0 aromatic carbocycles. The van der Waals surface area contributed by atoms with E-state index in [0.717, 1.165) is 11.8 Å². The Bertz CT molecular complexity index is 275. The van der Waals surface area contributed by atoms with Crippen LogP contribution in [0.2, 0.25) is 0 Å². The predicted molar refractivity (Wildman–Crippen MR) is 66.8 cm³/mol. The average molecular weight is 206 g/mol. The maximum atomic E-state index is 2.55. The molecular weight excluding hydrogens is 180 g/mol. The van der Waals surface area contributed by atoms with Gasteiger partial charge in [0.15, 0.2) is 0 Å². The zero-order valence-electron chi connectivity index (χ0n) is 11.1. The van der Waals surface area contributed by atoms with Crippen molar-refractivity contribution in [3.8, 4) is 0 Å². The van der Waals surface area contributed by atoms with Crippen molar-refractivity contribution >= 4 is 0 Å². The smallest absolute Gasteiger partial charge is 0.0146 e. The normalized spacial score (nSPS) is 33.3. The van der Waals surface area contributed by atoms with Crippen LogP contribution in [0.3, 0.4) is 0 Å². The third-order valence-corrected chi connectivity index (χ3v) is 4.75. The molecule has 0 N–H and O–H groups in total. The summed E-state index contributed by atoms with van der Waals surface area (Å²) in [6.07, 6.45) is 8.06. The van der Waals surface area contributed by atoms with E-state index in [-0.39, 0.29) is 0 Å². The van der Waals surface area contributed by atoms with Crippen molar-refractivity contribution in [2.45, 2.75) is 60.3 Å². The van der Waals surface area contributed by atoms with Crippen molar-refractivity contribution in [3.05, 3.63) is 11.6 Å². The summed E-state index contributed by atoms with van der Waals surface area (Å²) in [6, 6.07) is 0. The minimum Gasteiger partial charge on any atom is -0.0847 e. The van der Waals surface area contributed by atoms with Gasteiger partial charge in [-0.3, -0.25) is 0 Å². The lowest BCUT2D eigenvalue weighted by atomic mass is 9.48. The summed E-state index contributed by atoms with van der Waals surface area (Å²) in [5.41, 5.74) is 2.88. The van der Waals surface area contributed by atoms with Crippen molar-refractivity contribution in [2.75, 3.05) is 0 Å². The van der Waals surface area contributed by atoms with Crippen LogP contribution in [0.5, 0.6) is 0 Å². The molecule has 0 aliphatic heterocycles. The van der Waals surface area contributed by atoms with Crippen LogP contribution in [0, 0.1) is 22.7 Å². The van der Waals surface area contributed by atoms with Crippen LogP contribution in [0.15, 0.2) is 11.6 Å². The van der Waals surface area contributed by atoms with Gasteiger partial charge in [-0.1, -0.05) is 46.3 Å². The first-order chi connectivity index (χ1) is 6.81. The Balaban J connectivity index is 1.97. The Morgan fingerprint density at radius 1 is 1.33 bits per heavy atom. The quantitative estimate of drug-likeness (QED) is 0.569. The van der Waals surface area contributed by atoms with Gasteiger partial charge in [-0.2, -0.15) is 0 Å². The van der Waals surface area contributed by atoms with E-state index in [2.05, 4.69) is 40.7 Å². The number of allylic oxidation sites excluding steroid dienone is 2. The summed E-state index contributed by atoms with van der Waals surface area (Å²) in [7, 11) is 0. The standard InChI is InChI=1S/C15H26/c1-14(2,3)9-8-11-6-7-12-10-13(11)15(12,4)5/h6,12-13H,7-10H2,1-5H3/t12-,13-/m0/s1. The monoisotopic (exact) mass is 206 g/mol. The van der Waals surface area contributed by atoms with E-state index in [9.17, 15) is 0 Å². The van der Waals surface area contributed by atoms with E-state index >= 15 is 0 Å². The Labute approximate surface area is 95.1 Å². The molecule has 1 saturated carbocycles. The highest BCUT2D eigenvalue weighted by Crippen LogP contribution is 2.60. The summed E-state index contributed by atoms with van der Waals surface area (Å²) in [5, 5.41) is 0. The molecule has 15 heavy (non-hydrogen) atoms. The molecule has 86 valence electrons. The largest absolute Gasteiger partial charge is 0.0847 e. The molecule has 3 aliphatic rings. The van der Waals surface area contributed by atoms with Crippen LogP contribution in [-0.2, 0) is 0 Å². The van der Waals surface area contributed by atoms with Crippen molar-refractivity contribution in [2.24, 2.45) is 22.7 Å². The Morgan fingerprint density at radius 3 is 2.47 bits per heavy atom. The summed E-state index contributed by atoms with van der Waals surface area (Å²) in [5.74, 6) is 1.90. The summed E-state index contributed by atoms with van der Waals surface area (Å²) in [6.45, 7) is 12.0. The second-order valence-corrected chi connectivity index (χ2v) is 7.38. The van der Waals surface area contributed by atoms with Gasteiger partial charge in [0.1, 0.15) is 0 Å². The highest BCUT2D eigenvalue weighted by molar-refractivity contribution is 5.23. The first-order valence-corrected chi connectivity index (χ1v) is 6.49. The van der Waals surface area contributed by atoms with Crippen molar-refractivity contribution in [1.29, 1.82) is 0 Å². The molecular formula is C15H26. The fourth-order valence-electron chi connectivity index (χ4n) is 3.28. The molecule has 2 bridgehead atoms. The summed E-state index contributed by atoms with van der Waals surface area (Å²) in [4.78, 5) is 0. The van der Waals surface area contributed by atoms with Crippen LogP contribution >= 0.6 is 0 Å². The lowest BCUT2D eigenvalue weighted by Gasteiger charge is -2.56. The van der Waals surface area contributed by atoms with E-state index < -0.39 is 0 Å². The molecule has 3 rings (SSSR count). The minimum atomic E-state index is 0.492. The van der Waals surface area contributed by atoms with Crippen molar-refractivity contribution < 1.29 is 0 Å². The number of rotatable bonds is 2. The highest BCUT2D eigenvalue weighted by atomic mass is 14.5. The number of hydrogen-bond acceptors (Lipinski definition) is 0. The summed E-state index contributed by atoms with van der Waals surface area (Å²) < 4.78 is 0. The first kappa shape index (κ1) is 11.2. The van der Waals surface area contributed by atoms with Crippen molar-refractivity contribution in [1.82, 2.24) is 0 Å². The van der Waals surface area contributed by atoms with E-state index in [4.69, 9.17) is 0 Å². The zero-order chi connectivity index (χ0) is 11.3. The molecule has 0 heteroatoms. The van der Waals surface area contributed by atoms with Gasteiger partial charge in [-0.05, 0) is 48.3 Å². The van der Waals surface area contributed by atoms with Crippen LogP contribution in [-0.4, -0.2) is 0 Å². The molecule has 1 fully saturated rings. The Kier molecular flexibility index (Phi) is 2.52. The number of hydrogen-bond donors (Lipinski definition) is 0. The topological polar surface area (TPSA) is 0 Å². The molecule has 0 radical (unpaired) electrons. The van der Waals surface area contributed by atoms with Crippen LogP contribution < -0.4 is 0 Å². The van der Waals surface area contributed by atoms with Gasteiger partial charge in [0.2, 0.25) is 0 Å². The molecule has 2 atom stereocenters. The van der Waals surface area contributed by atoms with Gasteiger partial charge in [0, 0.05) is 0 Å². The third-order valence-electron chi connectivity index (χ3n) is 4.75. The molecule has 3 aliphatic carbocycles. The van der Waals surface area contributed by atoms with Gasteiger partial charge < -0.3 is 0 Å². The van der Waals surface area contributed by atoms with Crippen LogP contribution in [0.4, 0.5) is 0 Å². The maximum absolute atomic E-state index is 2.55. The second kappa shape index (κ2) is 3.37. The van der Waals surface area contributed by atoms with Gasteiger partial charge in [0.05, 0.1) is 0 Å². The molecule has 0 amide bonds. The van der Waals surface area contributed by atoms with Crippen LogP contribution in [0.25, 0.3) is 0 Å². The fourth-order valence-corrected chi connectivity index (χ4v) is 3.28. The molecule has 0 spiro atoms. The Morgan fingerprint density at radius 2 is 2.00 bits per heavy atom. The second-order valence-electron chi connectivity index (χ2n) is 7.38. The van der Waals surface area contributed by atoms with Gasteiger partial charge in [-0.15, -0.1) is 0 Å². The Hall–Kier alpha value is -0.260. The minimum absolute atomic E-state index is 0.492. The van der Waals surface area contributed by atoms with E-state index in [1.54, 1.807) is 5.57 Å². The molecule has 0 aromatic rings. The average Bonchev–Trinajstić information content (AvgIpc) is 2.13. The third kappa shape index (κ3) is 2.00. The van der Waals surface area contributed by atoms with E-state index in [1.807, 2.05) is 0 Å². The summed E-state index contributed by atoms with van der Waals surface area (Å²) >= 11 is 0. The molecule has 0 unspecified atom stereocenters. The highest BCUT2D eigenvalue weighted by Gasteiger charge is 2.50. The van der Waals surface area contributed by atoms with Gasteiger partial charge in [-0.25, -0.2) is 0 Å². The SMILES string of the molecule is CC(C)(C)CCC1=CC[C@H]2C[C@@H]1C2(C)C. The maximum Gasteiger partial charge on any atom is -0.0146 e. The molecule has 0 saturated heterocycles.